The fourth-order valence-corrected chi connectivity index (χ4v) is 2.28. The first kappa shape index (κ1) is 17.8. The van der Waals surface area contributed by atoms with Crippen LogP contribution in [0.15, 0.2) is 18.2 Å². The van der Waals surface area contributed by atoms with Crippen LogP contribution in [-0.2, 0) is 14.3 Å². The molecule has 1 aromatic carbocycles. The summed E-state index contributed by atoms with van der Waals surface area (Å²) < 4.78 is 10.6. The van der Waals surface area contributed by atoms with Crippen LogP contribution in [0.2, 0.25) is 0 Å². The summed E-state index contributed by atoms with van der Waals surface area (Å²) in [4.78, 5) is 36.4. The third kappa shape index (κ3) is 4.71. The Morgan fingerprint density at radius 3 is 2.62 bits per heavy atom. The van der Waals surface area contributed by atoms with Gasteiger partial charge in [0.1, 0.15) is 11.4 Å². The highest BCUT2D eigenvalue weighted by molar-refractivity contribution is 6.06. The second-order valence-corrected chi connectivity index (χ2v) is 6.58. The molecule has 1 aliphatic heterocycles. The molecule has 0 spiro atoms. The highest BCUT2D eigenvalue weighted by Crippen LogP contribution is 2.27. The van der Waals surface area contributed by atoms with Crippen molar-refractivity contribution in [1.82, 2.24) is 5.32 Å². The van der Waals surface area contributed by atoms with E-state index < -0.39 is 17.6 Å². The van der Waals surface area contributed by atoms with E-state index in [2.05, 4.69) is 5.32 Å². The molecule has 1 aromatic rings. The molecule has 7 heteroatoms. The number of rotatable bonds is 4. The number of imide groups is 1. The SMILES string of the molecule is Cc1ccc(OCC(=O)OC(C)(C)C)cc1N1CCC(=O)NC1=O. The zero-order chi connectivity index (χ0) is 17.9. The van der Waals surface area contributed by atoms with Crippen LogP contribution in [0, 0.1) is 6.92 Å². The van der Waals surface area contributed by atoms with Gasteiger partial charge in [-0.2, -0.15) is 0 Å². The van der Waals surface area contributed by atoms with E-state index in [9.17, 15) is 14.4 Å². The lowest BCUT2D eigenvalue weighted by Crippen LogP contribution is -2.49. The first-order valence-electron chi connectivity index (χ1n) is 7.72. The van der Waals surface area contributed by atoms with Gasteiger partial charge >= 0.3 is 12.0 Å². The van der Waals surface area contributed by atoms with Crippen molar-refractivity contribution in [3.8, 4) is 5.75 Å². The van der Waals surface area contributed by atoms with Crippen molar-refractivity contribution in [3.05, 3.63) is 23.8 Å². The number of carbonyl (C=O) groups is 3. The number of hydrogen-bond acceptors (Lipinski definition) is 5. The van der Waals surface area contributed by atoms with Crippen molar-refractivity contribution in [1.29, 1.82) is 0 Å². The average molecular weight is 334 g/mol. The maximum Gasteiger partial charge on any atom is 0.344 e. The molecule has 2 rings (SSSR count). The quantitative estimate of drug-likeness (QED) is 0.853. The molecule has 1 fully saturated rings. The molecule has 130 valence electrons. The van der Waals surface area contributed by atoms with Crippen LogP contribution in [0.1, 0.15) is 32.8 Å². The Labute approximate surface area is 140 Å². The Morgan fingerprint density at radius 1 is 1.29 bits per heavy atom. The van der Waals surface area contributed by atoms with Gasteiger partial charge in [0.2, 0.25) is 5.91 Å². The molecule has 0 atom stereocenters. The number of hydrogen-bond donors (Lipinski definition) is 1. The lowest BCUT2D eigenvalue weighted by atomic mass is 10.1. The predicted octanol–water partition coefficient (Wildman–Crippen LogP) is 2.16. The lowest BCUT2D eigenvalue weighted by Gasteiger charge is -2.28. The highest BCUT2D eigenvalue weighted by Gasteiger charge is 2.25. The summed E-state index contributed by atoms with van der Waals surface area (Å²) in [6.07, 6.45) is 0.244. The van der Waals surface area contributed by atoms with Crippen molar-refractivity contribution >= 4 is 23.6 Å². The number of benzene rings is 1. The van der Waals surface area contributed by atoms with Crippen LogP contribution in [0.5, 0.6) is 5.75 Å². The molecular formula is C17H22N2O5. The topological polar surface area (TPSA) is 84.9 Å². The van der Waals surface area contributed by atoms with Gasteiger partial charge in [-0.15, -0.1) is 0 Å². The number of aryl methyl sites for hydroxylation is 1. The van der Waals surface area contributed by atoms with Gasteiger partial charge in [-0.05, 0) is 39.3 Å². The molecule has 0 radical (unpaired) electrons. The number of nitrogens with zero attached hydrogens (tertiary/aromatic N) is 1. The van der Waals surface area contributed by atoms with Gasteiger partial charge in [-0.1, -0.05) is 6.07 Å². The van der Waals surface area contributed by atoms with Crippen molar-refractivity contribution in [2.24, 2.45) is 0 Å². The molecule has 3 amide bonds. The maximum atomic E-state index is 12.0. The zero-order valence-electron chi connectivity index (χ0n) is 14.3. The number of esters is 1. The van der Waals surface area contributed by atoms with Gasteiger partial charge in [-0.3, -0.25) is 15.0 Å². The molecule has 1 N–H and O–H groups in total. The number of amides is 3. The molecule has 7 nitrogen and oxygen atoms in total. The molecule has 0 unspecified atom stereocenters. The number of nitrogens with one attached hydrogen (secondary N) is 1. The summed E-state index contributed by atoms with van der Waals surface area (Å²) in [7, 11) is 0. The average Bonchev–Trinajstić information content (AvgIpc) is 2.45. The summed E-state index contributed by atoms with van der Waals surface area (Å²) in [6.45, 7) is 7.30. The summed E-state index contributed by atoms with van der Waals surface area (Å²) in [5.41, 5.74) is 0.933. The molecule has 0 aliphatic carbocycles. The fraction of sp³-hybridized carbons (Fsp3) is 0.471. The Balaban J connectivity index is 2.07. The first-order chi connectivity index (χ1) is 11.2. The van der Waals surface area contributed by atoms with E-state index in [0.29, 0.717) is 18.0 Å². The number of urea groups is 1. The molecule has 1 heterocycles. The Kier molecular flexibility index (Phi) is 5.11. The van der Waals surface area contributed by atoms with E-state index in [4.69, 9.17) is 9.47 Å². The minimum Gasteiger partial charge on any atom is -0.482 e. The molecule has 0 aromatic heterocycles. The van der Waals surface area contributed by atoms with E-state index in [-0.39, 0.29) is 18.9 Å². The van der Waals surface area contributed by atoms with Gasteiger partial charge in [0.25, 0.3) is 0 Å². The van der Waals surface area contributed by atoms with Crippen LogP contribution < -0.4 is 15.0 Å². The molecule has 1 saturated heterocycles. The van der Waals surface area contributed by atoms with Gasteiger partial charge in [0, 0.05) is 19.0 Å². The van der Waals surface area contributed by atoms with Crippen LogP contribution in [0.3, 0.4) is 0 Å². The minimum absolute atomic E-state index is 0.218. The summed E-state index contributed by atoms with van der Waals surface area (Å²) >= 11 is 0. The van der Waals surface area contributed by atoms with Crippen LogP contribution in [0.4, 0.5) is 10.5 Å². The smallest absolute Gasteiger partial charge is 0.344 e. The first-order valence-corrected chi connectivity index (χ1v) is 7.72. The fourth-order valence-electron chi connectivity index (χ4n) is 2.28. The van der Waals surface area contributed by atoms with Crippen molar-refractivity contribution in [2.45, 2.75) is 39.7 Å². The van der Waals surface area contributed by atoms with Crippen LogP contribution in [0.25, 0.3) is 0 Å². The Bertz CT molecular complexity index is 663. The van der Waals surface area contributed by atoms with E-state index >= 15 is 0 Å². The molecular weight excluding hydrogens is 312 g/mol. The van der Waals surface area contributed by atoms with Gasteiger partial charge in [-0.25, -0.2) is 9.59 Å². The van der Waals surface area contributed by atoms with Crippen molar-refractivity contribution in [3.63, 3.8) is 0 Å². The minimum atomic E-state index is -0.572. The van der Waals surface area contributed by atoms with E-state index in [0.717, 1.165) is 5.56 Å². The Hall–Kier alpha value is -2.57. The molecule has 0 saturated carbocycles. The standard InChI is InChI=1S/C17H22N2O5/c1-11-5-6-12(23-10-15(21)24-17(2,3)4)9-13(11)19-8-7-14(20)18-16(19)22/h5-6,9H,7-8,10H2,1-4H3,(H,18,20,22). The van der Waals surface area contributed by atoms with Gasteiger partial charge in [0.05, 0.1) is 5.69 Å². The van der Waals surface area contributed by atoms with Crippen LogP contribution in [-0.4, -0.2) is 36.7 Å². The molecule has 1 aliphatic rings. The monoisotopic (exact) mass is 334 g/mol. The number of ether oxygens (including phenoxy) is 2. The second kappa shape index (κ2) is 6.90. The highest BCUT2D eigenvalue weighted by atomic mass is 16.6. The van der Waals surface area contributed by atoms with Crippen molar-refractivity contribution in [2.75, 3.05) is 18.1 Å². The molecule has 0 bridgehead atoms. The lowest BCUT2D eigenvalue weighted by molar-refractivity contribution is -0.157. The van der Waals surface area contributed by atoms with Gasteiger partial charge in [0.15, 0.2) is 6.61 Å². The normalized spacial score (nSPS) is 15.1. The largest absolute Gasteiger partial charge is 0.482 e. The summed E-state index contributed by atoms with van der Waals surface area (Å²) in [6, 6.07) is 4.73. The molecule has 24 heavy (non-hydrogen) atoms. The van der Waals surface area contributed by atoms with E-state index in [1.54, 1.807) is 39.0 Å². The van der Waals surface area contributed by atoms with E-state index in [1.165, 1.54) is 4.90 Å². The third-order valence-corrected chi connectivity index (χ3v) is 3.30. The summed E-state index contributed by atoms with van der Waals surface area (Å²) in [5.74, 6) is -0.302. The maximum absolute atomic E-state index is 12.0. The predicted molar refractivity (Wildman–Crippen MR) is 88.0 cm³/mol. The Morgan fingerprint density at radius 2 is 2.00 bits per heavy atom. The van der Waals surface area contributed by atoms with E-state index in [1.807, 2.05) is 6.92 Å². The third-order valence-electron chi connectivity index (χ3n) is 3.30. The summed E-state index contributed by atoms with van der Waals surface area (Å²) in [5, 5.41) is 2.28. The number of carbonyl (C=O) groups excluding carboxylic acids is 3. The number of anilines is 1. The van der Waals surface area contributed by atoms with Gasteiger partial charge < -0.3 is 9.47 Å². The van der Waals surface area contributed by atoms with Crippen molar-refractivity contribution < 1.29 is 23.9 Å². The zero-order valence-corrected chi connectivity index (χ0v) is 14.3. The second-order valence-electron chi connectivity index (χ2n) is 6.58. The van der Waals surface area contributed by atoms with Crippen LogP contribution >= 0.6 is 0 Å².